The van der Waals surface area contributed by atoms with Crippen LogP contribution in [-0.2, 0) is 4.74 Å². The summed E-state index contributed by atoms with van der Waals surface area (Å²) < 4.78 is 10.5. The largest absolute Gasteiger partial charge is 0.494 e. The fourth-order valence-corrected chi connectivity index (χ4v) is 2.49. The van der Waals surface area contributed by atoms with Crippen molar-refractivity contribution in [2.75, 3.05) is 32.5 Å². The fraction of sp³-hybridized carbons (Fsp3) is 0.500. The third-order valence-electron chi connectivity index (χ3n) is 3.46. The predicted octanol–water partition coefficient (Wildman–Crippen LogP) is 2.09. The van der Waals surface area contributed by atoms with Crippen LogP contribution in [0.4, 0.5) is 5.69 Å². The standard InChI is InChI=1S/C14H19ClN2O3/c1-19-13-10(2-3-11(16)12(13)15)14(18)20-8-9-4-6-17-7-5-9/h2-3,9,17H,4-8,16H2,1H3. The number of rotatable bonds is 4. The predicted molar refractivity (Wildman–Crippen MR) is 78.3 cm³/mol. The summed E-state index contributed by atoms with van der Waals surface area (Å²) in [5, 5.41) is 3.51. The van der Waals surface area contributed by atoms with Gasteiger partial charge in [-0.1, -0.05) is 11.6 Å². The molecule has 0 atom stereocenters. The molecule has 1 aliphatic rings. The maximum Gasteiger partial charge on any atom is 0.341 e. The molecule has 0 bridgehead atoms. The van der Waals surface area contributed by atoms with Gasteiger partial charge in [0.2, 0.25) is 0 Å². The second-order valence-corrected chi connectivity index (χ2v) is 5.22. The molecule has 1 aliphatic heterocycles. The molecule has 1 aromatic carbocycles. The number of carbonyl (C=O) groups is 1. The average molecular weight is 299 g/mol. The molecule has 3 N–H and O–H groups in total. The monoisotopic (exact) mass is 298 g/mol. The van der Waals surface area contributed by atoms with E-state index in [1.807, 2.05) is 0 Å². The molecule has 110 valence electrons. The number of nitrogens with one attached hydrogen (secondary N) is 1. The van der Waals surface area contributed by atoms with Crippen LogP contribution < -0.4 is 15.8 Å². The first kappa shape index (κ1) is 14.9. The number of ether oxygens (including phenoxy) is 2. The number of methoxy groups -OCH3 is 1. The van der Waals surface area contributed by atoms with Crippen LogP contribution in [0.3, 0.4) is 0 Å². The van der Waals surface area contributed by atoms with Gasteiger partial charge in [-0.15, -0.1) is 0 Å². The van der Waals surface area contributed by atoms with E-state index < -0.39 is 5.97 Å². The molecule has 0 radical (unpaired) electrons. The summed E-state index contributed by atoms with van der Waals surface area (Å²) in [6, 6.07) is 3.15. The number of benzene rings is 1. The Morgan fingerprint density at radius 3 is 2.80 bits per heavy atom. The van der Waals surface area contributed by atoms with Gasteiger partial charge in [0.05, 0.1) is 19.4 Å². The summed E-state index contributed by atoms with van der Waals surface area (Å²) >= 11 is 6.03. The zero-order chi connectivity index (χ0) is 14.5. The van der Waals surface area contributed by atoms with E-state index in [1.165, 1.54) is 7.11 Å². The van der Waals surface area contributed by atoms with E-state index in [-0.39, 0.29) is 10.8 Å². The molecule has 0 saturated carbocycles. The van der Waals surface area contributed by atoms with E-state index >= 15 is 0 Å². The molecular weight excluding hydrogens is 280 g/mol. The molecule has 0 aromatic heterocycles. The minimum atomic E-state index is -0.428. The molecule has 2 rings (SSSR count). The summed E-state index contributed by atoms with van der Waals surface area (Å²) in [4.78, 5) is 12.1. The number of halogens is 1. The number of carbonyl (C=O) groups excluding carboxylic acids is 1. The zero-order valence-corrected chi connectivity index (χ0v) is 12.2. The van der Waals surface area contributed by atoms with E-state index in [0.29, 0.717) is 23.8 Å². The molecule has 5 nitrogen and oxygen atoms in total. The van der Waals surface area contributed by atoms with Crippen molar-refractivity contribution in [2.45, 2.75) is 12.8 Å². The second kappa shape index (κ2) is 6.81. The number of esters is 1. The van der Waals surface area contributed by atoms with Gasteiger partial charge in [-0.2, -0.15) is 0 Å². The average Bonchev–Trinajstić information content (AvgIpc) is 2.48. The minimum absolute atomic E-state index is 0.240. The number of hydrogen-bond acceptors (Lipinski definition) is 5. The highest BCUT2D eigenvalue weighted by atomic mass is 35.5. The van der Waals surface area contributed by atoms with Crippen LogP contribution in [0.15, 0.2) is 12.1 Å². The molecule has 1 saturated heterocycles. The Bertz CT molecular complexity index is 488. The lowest BCUT2D eigenvalue weighted by Crippen LogP contribution is -2.30. The number of nitrogens with two attached hydrogens (primary N) is 1. The molecule has 1 aromatic rings. The Balaban J connectivity index is 2.03. The van der Waals surface area contributed by atoms with E-state index in [1.54, 1.807) is 12.1 Å². The first-order valence-electron chi connectivity index (χ1n) is 6.63. The van der Waals surface area contributed by atoms with Crippen molar-refractivity contribution in [1.29, 1.82) is 0 Å². The van der Waals surface area contributed by atoms with Crippen LogP contribution in [0.5, 0.6) is 5.75 Å². The maximum absolute atomic E-state index is 12.1. The van der Waals surface area contributed by atoms with Gasteiger partial charge in [-0.3, -0.25) is 0 Å². The summed E-state index contributed by atoms with van der Waals surface area (Å²) in [5.74, 6) is 0.250. The lowest BCUT2D eigenvalue weighted by molar-refractivity contribution is 0.0412. The van der Waals surface area contributed by atoms with Crippen LogP contribution in [0.25, 0.3) is 0 Å². The first-order chi connectivity index (χ1) is 9.63. The van der Waals surface area contributed by atoms with Gasteiger partial charge in [-0.25, -0.2) is 4.79 Å². The summed E-state index contributed by atoms with van der Waals surface area (Å²) in [6.45, 7) is 2.37. The van der Waals surface area contributed by atoms with Gasteiger partial charge >= 0.3 is 5.97 Å². The quantitative estimate of drug-likeness (QED) is 0.658. The second-order valence-electron chi connectivity index (χ2n) is 4.84. The normalized spacial score (nSPS) is 15.9. The molecular formula is C14H19ClN2O3. The number of piperidine rings is 1. The Kier molecular flexibility index (Phi) is 5.09. The van der Waals surface area contributed by atoms with Gasteiger partial charge in [0.15, 0.2) is 5.75 Å². The van der Waals surface area contributed by atoms with Gasteiger partial charge in [-0.05, 0) is 44.0 Å². The molecule has 20 heavy (non-hydrogen) atoms. The van der Waals surface area contributed by atoms with Crippen molar-refractivity contribution in [2.24, 2.45) is 5.92 Å². The fourth-order valence-electron chi connectivity index (χ4n) is 2.25. The van der Waals surface area contributed by atoms with Crippen LogP contribution >= 0.6 is 11.6 Å². The third kappa shape index (κ3) is 3.35. The highest BCUT2D eigenvalue weighted by Crippen LogP contribution is 2.34. The zero-order valence-electron chi connectivity index (χ0n) is 11.4. The van der Waals surface area contributed by atoms with Gasteiger partial charge in [0.1, 0.15) is 10.6 Å². The summed E-state index contributed by atoms with van der Waals surface area (Å²) in [7, 11) is 1.45. The molecule has 1 heterocycles. The van der Waals surface area contributed by atoms with Gasteiger partial charge in [0, 0.05) is 0 Å². The van der Waals surface area contributed by atoms with Crippen LogP contribution in [0.1, 0.15) is 23.2 Å². The number of anilines is 1. The Morgan fingerprint density at radius 2 is 2.15 bits per heavy atom. The van der Waals surface area contributed by atoms with E-state index in [9.17, 15) is 4.79 Å². The van der Waals surface area contributed by atoms with Crippen molar-refractivity contribution in [3.63, 3.8) is 0 Å². The van der Waals surface area contributed by atoms with Crippen LogP contribution in [0, 0.1) is 5.92 Å². The van der Waals surface area contributed by atoms with E-state index in [2.05, 4.69) is 5.32 Å². The third-order valence-corrected chi connectivity index (χ3v) is 3.85. The van der Waals surface area contributed by atoms with Gasteiger partial charge < -0.3 is 20.5 Å². The minimum Gasteiger partial charge on any atom is -0.494 e. The lowest BCUT2D eigenvalue weighted by atomic mass is 9.99. The number of nitrogen functional groups attached to an aromatic ring is 1. The van der Waals surface area contributed by atoms with Crippen molar-refractivity contribution >= 4 is 23.3 Å². The molecule has 0 amide bonds. The van der Waals surface area contributed by atoms with Crippen LogP contribution in [-0.4, -0.2) is 32.8 Å². The molecule has 0 spiro atoms. The highest BCUT2D eigenvalue weighted by Gasteiger charge is 2.20. The molecule has 1 fully saturated rings. The van der Waals surface area contributed by atoms with E-state index in [4.69, 9.17) is 26.8 Å². The maximum atomic E-state index is 12.1. The molecule has 0 aliphatic carbocycles. The summed E-state index contributed by atoms with van der Waals surface area (Å²) in [6.07, 6.45) is 2.04. The SMILES string of the molecule is COc1c(C(=O)OCC2CCNCC2)ccc(N)c1Cl. The topological polar surface area (TPSA) is 73.6 Å². The summed E-state index contributed by atoms with van der Waals surface area (Å²) in [5.41, 5.74) is 6.36. The first-order valence-corrected chi connectivity index (χ1v) is 7.01. The van der Waals surface area contributed by atoms with Crippen molar-refractivity contribution < 1.29 is 14.3 Å². The van der Waals surface area contributed by atoms with Crippen molar-refractivity contribution in [1.82, 2.24) is 5.32 Å². The smallest absolute Gasteiger partial charge is 0.341 e. The molecule has 6 heteroatoms. The highest BCUT2D eigenvalue weighted by molar-refractivity contribution is 6.35. The Labute approximate surface area is 123 Å². The van der Waals surface area contributed by atoms with E-state index in [0.717, 1.165) is 25.9 Å². The lowest BCUT2D eigenvalue weighted by Gasteiger charge is -2.22. The van der Waals surface area contributed by atoms with Crippen LogP contribution in [0.2, 0.25) is 5.02 Å². The Morgan fingerprint density at radius 1 is 1.45 bits per heavy atom. The number of hydrogen-bond donors (Lipinski definition) is 2. The Hall–Kier alpha value is -1.46. The van der Waals surface area contributed by atoms with Gasteiger partial charge in [0.25, 0.3) is 0 Å². The molecule has 0 unspecified atom stereocenters. The van der Waals surface area contributed by atoms with Crippen molar-refractivity contribution in [3.8, 4) is 5.75 Å². The van der Waals surface area contributed by atoms with Crippen molar-refractivity contribution in [3.05, 3.63) is 22.7 Å².